The van der Waals surface area contributed by atoms with E-state index in [9.17, 15) is 9.59 Å². The zero-order valence-corrected chi connectivity index (χ0v) is 17.3. The normalized spacial score (nSPS) is 10.3. The minimum atomic E-state index is -0.270. The molecule has 2 aromatic carbocycles. The molecule has 1 N–H and O–H groups in total. The maximum absolute atomic E-state index is 12.6. The molecule has 0 unspecified atom stereocenters. The molecule has 0 saturated carbocycles. The van der Waals surface area contributed by atoms with Crippen LogP contribution in [0.15, 0.2) is 45.3 Å². The highest BCUT2D eigenvalue weighted by Crippen LogP contribution is 2.24. The molecule has 7 heteroatoms. The van der Waals surface area contributed by atoms with Gasteiger partial charge in [-0.2, -0.15) is 0 Å². The van der Waals surface area contributed by atoms with Gasteiger partial charge >= 0.3 is 0 Å². The Kier molecular flexibility index (Phi) is 6.61. The molecule has 0 saturated heterocycles. The van der Waals surface area contributed by atoms with E-state index in [0.29, 0.717) is 15.8 Å². The summed E-state index contributed by atoms with van der Waals surface area (Å²) in [5.41, 5.74) is 2.10. The second-order valence-corrected chi connectivity index (χ2v) is 7.28. The number of anilines is 1. The summed E-state index contributed by atoms with van der Waals surface area (Å²) in [6, 6.07) is 10.7. The van der Waals surface area contributed by atoms with Crippen LogP contribution < -0.4 is 10.1 Å². The molecule has 2 aromatic rings. The molecule has 0 bridgehead atoms. The number of amides is 2. The summed E-state index contributed by atoms with van der Waals surface area (Å²) in [6.45, 7) is 1.85. The number of halogens is 2. The summed E-state index contributed by atoms with van der Waals surface area (Å²) in [6.07, 6.45) is 0. The molecule has 5 nitrogen and oxygen atoms in total. The summed E-state index contributed by atoms with van der Waals surface area (Å²) < 4.78 is 6.74. The molecular formula is C18H18Br2N2O3. The second-order valence-electron chi connectivity index (χ2n) is 5.51. The van der Waals surface area contributed by atoms with E-state index in [1.807, 2.05) is 25.1 Å². The van der Waals surface area contributed by atoms with Gasteiger partial charge in [-0.15, -0.1) is 0 Å². The minimum Gasteiger partial charge on any atom is -0.497 e. The van der Waals surface area contributed by atoms with E-state index in [1.54, 1.807) is 25.2 Å². The molecule has 0 heterocycles. The topological polar surface area (TPSA) is 58.6 Å². The first-order valence-electron chi connectivity index (χ1n) is 7.47. The van der Waals surface area contributed by atoms with Crippen molar-refractivity contribution in [1.29, 1.82) is 0 Å². The molecule has 25 heavy (non-hydrogen) atoms. The van der Waals surface area contributed by atoms with Gasteiger partial charge in [0, 0.05) is 21.7 Å². The van der Waals surface area contributed by atoms with Crippen molar-refractivity contribution >= 4 is 49.4 Å². The first-order valence-corrected chi connectivity index (χ1v) is 9.05. The Balaban J connectivity index is 2.06. The molecule has 2 amide bonds. The summed E-state index contributed by atoms with van der Waals surface area (Å²) in [5, 5.41) is 2.82. The number of likely N-dealkylation sites (N-methyl/N-ethyl adjacent to an activating group) is 1. The number of methoxy groups -OCH3 is 1. The number of nitrogens with zero attached hydrogens (tertiary/aromatic N) is 1. The van der Waals surface area contributed by atoms with Crippen molar-refractivity contribution in [2.24, 2.45) is 0 Å². The summed E-state index contributed by atoms with van der Waals surface area (Å²) in [7, 11) is 3.12. The van der Waals surface area contributed by atoms with Crippen LogP contribution in [0.4, 0.5) is 5.69 Å². The third-order valence-electron chi connectivity index (χ3n) is 3.59. The van der Waals surface area contributed by atoms with Gasteiger partial charge in [-0.25, -0.2) is 0 Å². The van der Waals surface area contributed by atoms with Crippen LogP contribution in [0.2, 0.25) is 0 Å². The third-order valence-corrected chi connectivity index (χ3v) is 4.78. The Morgan fingerprint density at radius 3 is 2.52 bits per heavy atom. The van der Waals surface area contributed by atoms with Crippen LogP contribution in [-0.2, 0) is 4.79 Å². The predicted molar refractivity (Wildman–Crippen MR) is 105 cm³/mol. The van der Waals surface area contributed by atoms with Gasteiger partial charge in [-0.1, -0.05) is 15.9 Å². The van der Waals surface area contributed by atoms with E-state index in [0.717, 1.165) is 15.7 Å². The highest BCUT2D eigenvalue weighted by Gasteiger charge is 2.18. The lowest BCUT2D eigenvalue weighted by molar-refractivity contribution is -0.116. The van der Waals surface area contributed by atoms with Gasteiger partial charge in [-0.3, -0.25) is 9.59 Å². The van der Waals surface area contributed by atoms with Gasteiger partial charge in [0.15, 0.2) is 0 Å². The van der Waals surface area contributed by atoms with Crippen LogP contribution in [0, 0.1) is 6.92 Å². The SMILES string of the molecule is COc1ccc(Br)c(C(=O)N(C)CC(=O)Nc2ccc(Br)cc2C)c1. The Labute approximate surface area is 163 Å². The summed E-state index contributed by atoms with van der Waals surface area (Å²) in [5.74, 6) is 0.0450. The molecule has 0 aromatic heterocycles. The monoisotopic (exact) mass is 468 g/mol. The van der Waals surface area contributed by atoms with Crippen molar-refractivity contribution in [3.63, 3.8) is 0 Å². The lowest BCUT2D eigenvalue weighted by Gasteiger charge is -2.18. The van der Waals surface area contributed by atoms with Crippen LogP contribution in [0.25, 0.3) is 0 Å². The molecule has 0 fully saturated rings. The lowest BCUT2D eigenvalue weighted by Crippen LogP contribution is -2.35. The van der Waals surface area contributed by atoms with E-state index in [-0.39, 0.29) is 18.4 Å². The van der Waals surface area contributed by atoms with Gasteiger partial charge in [0.25, 0.3) is 5.91 Å². The van der Waals surface area contributed by atoms with Crippen molar-refractivity contribution in [2.75, 3.05) is 26.0 Å². The molecule has 2 rings (SSSR count). The number of benzene rings is 2. The maximum atomic E-state index is 12.6. The van der Waals surface area contributed by atoms with E-state index >= 15 is 0 Å². The molecule has 0 aliphatic carbocycles. The van der Waals surface area contributed by atoms with Crippen molar-refractivity contribution in [2.45, 2.75) is 6.92 Å². The number of ether oxygens (including phenoxy) is 1. The predicted octanol–water partition coefficient (Wildman–Crippen LogP) is 4.24. The van der Waals surface area contributed by atoms with Crippen molar-refractivity contribution in [3.05, 3.63) is 56.5 Å². The van der Waals surface area contributed by atoms with E-state index < -0.39 is 0 Å². The highest BCUT2D eigenvalue weighted by molar-refractivity contribution is 9.10. The first kappa shape index (κ1) is 19.5. The van der Waals surface area contributed by atoms with Crippen LogP contribution in [0.3, 0.4) is 0 Å². The average molecular weight is 470 g/mol. The van der Waals surface area contributed by atoms with Crippen molar-refractivity contribution in [3.8, 4) is 5.75 Å². The standard InChI is InChI=1S/C18H18Br2N2O3/c1-11-8-12(19)4-7-16(11)21-17(23)10-22(2)18(24)14-9-13(25-3)5-6-15(14)20/h4-9H,10H2,1-3H3,(H,21,23). The largest absolute Gasteiger partial charge is 0.497 e. The quantitative estimate of drug-likeness (QED) is 0.712. The van der Waals surface area contributed by atoms with E-state index in [4.69, 9.17) is 4.74 Å². The zero-order valence-electron chi connectivity index (χ0n) is 14.1. The number of rotatable bonds is 5. The Bertz CT molecular complexity index is 809. The van der Waals surface area contributed by atoms with Crippen LogP contribution in [0.1, 0.15) is 15.9 Å². The van der Waals surface area contributed by atoms with Gasteiger partial charge in [-0.05, 0) is 64.8 Å². The highest BCUT2D eigenvalue weighted by atomic mass is 79.9. The zero-order chi connectivity index (χ0) is 18.6. The van der Waals surface area contributed by atoms with Crippen LogP contribution in [0.5, 0.6) is 5.75 Å². The molecule has 0 atom stereocenters. The minimum absolute atomic E-state index is 0.0576. The molecular weight excluding hydrogens is 452 g/mol. The first-order chi connectivity index (χ1) is 11.8. The van der Waals surface area contributed by atoms with Gasteiger partial charge in [0.1, 0.15) is 5.75 Å². The number of aryl methyl sites for hydroxylation is 1. The second kappa shape index (κ2) is 8.49. The van der Waals surface area contributed by atoms with E-state index in [2.05, 4.69) is 37.2 Å². The average Bonchev–Trinajstić information content (AvgIpc) is 2.57. The summed E-state index contributed by atoms with van der Waals surface area (Å²) >= 11 is 6.74. The molecule has 0 radical (unpaired) electrons. The van der Waals surface area contributed by atoms with Crippen LogP contribution in [-0.4, -0.2) is 37.4 Å². The Hall–Kier alpha value is -1.86. The Morgan fingerprint density at radius 2 is 1.88 bits per heavy atom. The molecule has 0 aliphatic rings. The maximum Gasteiger partial charge on any atom is 0.255 e. The fraction of sp³-hybridized carbons (Fsp3) is 0.222. The van der Waals surface area contributed by atoms with Gasteiger partial charge in [0.2, 0.25) is 5.91 Å². The number of hydrogen-bond acceptors (Lipinski definition) is 3. The fourth-order valence-corrected chi connectivity index (χ4v) is 3.14. The molecule has 0 aliphatic heterocycles. The lowest BCUT2D eigenvalue weighted by atomic mass is 10.2. The Morgan fingerprint density at radius 1 is 1.16 bits per heavy atom. The van der Waals surface area contributed by atoms with Crippen molar-refractivity contribution < 1.29 is 14.3 Å². The smallest absolute Gasteiger partial charge is 0.255 e. The number of nitrogens with one attached hydrogen (secondary N) is 1. The van der Waals surface area contributed by atoms with Crippen molar-refractivity contribution in [1.82, 2.24) is 4.90 Å². The summed E-state index contributed by atoms with van der Waals surface area (Å²) in [4.78, 5) is 26.2. The van der Waals surface area contributed by atoms with Gasteiger partial charge < -0.3 is 15.0 Å². The number of carbonyl (C=O) groups excluding carboxylic acids is 2. The number of carbonyl (C=O) groups is 2. The van der Waals surface area contributed by atoms with Gasteiger partial charge in [0.05, 0.1) is 19.2 Å². The molecule has 132 valence electrons. The van der Waals surface area contributed by atoms with Crippen LogP contribution >= 0.6 is 31.9 Å². The third kappa shape index (κ3) is 5.06. The van der Waals surface area contributed by atoms with E-state index in [1.165, 1.54) is 12.0 Å². The molecule has 0 spiro atoms. The fourth-order valence-electron chi connectivity index (χ4n) is 2.25. The number of hydrogen-bond donors (Lipinski definition) is 1.